The first-order chi connectivity index (χ1) is 32.8. The minimum Gasteiger partial charge on any atom is -0.485 e. The van der Waals surface area contributed by atoms with Crippen LogP contribution in [0.15, 0.2) is 126 Å². The average Bonchev–Trinajstić information content (AvgIpc) is 3.75. The number of carboxylic acids is 2. The molecule has 0 radical (unpaired) electrons. The maximum absolute atomic E-state index is 13.3. The molecule has 9 heteroatoms. The highest BCUT2D eigenvalue weighted by Gasteiger charge is 2.31. The van der Waals surface area contributed by atoms with Crippen molar-refractivity contribution in [1.82, 2.24) is 0 Å². The van der Waals surface area contributed by atoms with Crippen LogP contribution in [-0.4, -0.2) is 22.2 Å². The van der Waals surface area contributed by atoms with Gasteiger partial charge in [0.25, 0.3) is 0 Å². The third kappa shape index (κ3) is 13.2. The molecule has 350 valence electrons. The molecule has 0 bridgehead atoms. The van der Waals surface area contributed by atoms with E-state index in [1.165, 1.54) is 87.5 Å². The van der Waals surface area contributed by atoms with Gasteiger partial charge in [-0.05, 0) is 71.2 Å². The van der Waals surface area contributed by atoms with E-state index in [1.54, 1.807) is 0 Å². The highest BCUT2D eigenvalue weighted by Crippen LogP contribution is 2.50. The zero-order valence-electron chi connectivity index (χ0n) is 39.0. The van der Waals surface area contributed by atoms with Crippen molar-refractivity contribution in [1.29, 1.82) is 0 Å². The smallest absolute Gasteiger partial charge is 0.336 e. The van der Waals surface area contributed by atoms with Gasteiger partial charge in [-0.3, -0.25) is 0 Å². The lowest BCUT2D eigenvalue weighted by Gasteiger charge is -2.15. The Morgan fingerprint density at radius 3 is 1.12 bits per heavy atom. The molecule has 0 aliphatic heterocycles. The summed E-state index contributed by atoms with van der Waals surface area (Å²) in [7, 11) is 0. The van der Waals surface area contributed by atoms with Crippen molar-refractivity contribution in [3.05, 3.63) is 166 Å². The van der Waals surface area contributed by atoms with Crippen molar-refractivity contribution >= 4 is 33.9 Å². The molecule has 0 amide bonds. The van der Waals surface area contributed by atoms with Gasteiger partial charge < -0.3 is 33.6 Å². The molecule has 6 aromatic carbocycles. The Morgan fingerprint density at radius 2 is 0.746 bits per heavy atom. The number of aryl methyl sites for hydroxylation is 2. The second-order valence-electron chi connectivity index (χ2n) is 17.4. The zero-order chi connectivity index (χ0) is 46.8. The van der Waals surface area contributed by atoms with Gasteiger partial charge in [0.2, 0.25) is 11.5 Å². The Kier molecular flexibility index (Phi) is 17.8. The molecule has 0 atom stereocenters. The number of carboxylic acid groups (broad SMARTS) is 2. The minimum atomic E-state index is -1.30. The Balaban J connectivity index is 1.25. The summed E-state index contributed by atoms with van der Waals surface area (Å²) in [5.74, 6) is -2.06. The molecule has 7 rings (SSSR count). The van der Waals surface area contributed by atoms with E-state index in [1.807, 2.05) is 84.9 Å². The van der Waals surface area contributed by atoms with Gasteiger partial charge in [-0.2, -0.15) is 0 Å². The molecule has 0 saturated heterocycles. The summed E-state index contributed by atoms with van der Waals surface area (Å²) < 4.78 is 32.6. The van der Waals surface area contributed by atoms with Crippen LogP contribution in [0.1, 0.15) is 145 Å². The summed E-state index contributed by atoms with van der Waals surface area (Å²) in [6, 6.07) is 38.4. The third-order valence-corrected chi connectivity index (χ3v) is 12.2. The van der Waals surface area contributed by atoms with Crippen LogP contribution in [-0.2, 0) is 39.3 Å². The Morgan fingerprint density at radius 1 is 0.418 bits per heavy atom. The number of carbonyl (C=O) groups is 2. The number of rotatable bonds is 28. The first-order valence-corrected chi connectivity index (χ1v) is 24.1. The number of hydrogen-bond donors (Lipinski definition) is 2. The first-order valence-electron chi connectivity index (χ1n) is 24.1. The van der Waals surface area contributed by atoms with Crippen molar-refractivity contribution in [2.24, 2.45) is 0 Å². The fraction of sp³-hybridized carbons (Fsp3) is 0.345. The van der Waals surface area contributed by atoms with E-state index in [0.29, 0.717) is 0 Å². The SMILES string of the molecule is CCCCCCCCc1ccc(COc2cc(C(=O)O)c3c(oc4c(OCc5ccccc5)c(OCc5ccc(CCCCCCCC)cc5)cc(C(=O)O)c43)c2OCc2ccccc2)cc1. The van der Waals surface area contributed by atoms with E-state index in [4.69, 9.17) is 23.4 Å². The molecule has 0 saturated carbocycles. The van der Waals surface area contributed by atoms with E-state index in [0.717, 1.165) is 47.9 Å². The number of aromatic carboxylic acids is 2. The number of fused-ring (bicyclic) bond motifs is 3. The van der Waals surface area contributed by atoms with Crippen LogP contribution in [0.25, 0.3) is 21.9 Å². The Hall–Kier alpha value is -6.74. The molecule has 9 nitrogen and oxygen atoms in total. The predicted octanol–water partition coefficient (Wildman–Crippen LogP) is 15.1. The lowest BCUT2D eigenvalue weighted by molar-refractivity contribution is 0.0686. The second kappa shape index (κ2) is 24.7. The number of unbranched alkanes of at least 4 members (excludes halogenated alkanes) is 10. The number of ether oxygens (including phenoxy) is 4. The van der Waals surface area contributed by atoms with Crippen molar-refractivity contribution in [2.75, 3.05) is 0 Å². The maximum atomic E-state index is 13.3. The van der Waals surface area contributed by atoms with Gasteiger partial charge in [0.05, 0.1) is 11.1 Å². The van der Waals surface area contributed by atoms with Gasteiger partial charge in [-0.15, -0.1) is 0 Å². The number of furan rings is 1. The van der Waals surface area contributed by atoms with Crippen LogP contribution in [0.5, 0.6) is 23.0 Å². The van der Waals surface area contributed by atoms with E-state index >= 15 is 0 Å². The van der Waals surface area contributed by atoms with Gasteiger partial charge in [-0.1, -0.05) is 187 Å². The molecule has 1 heterocycles. The molecule has 0 spiro atoms. The third-order valence-electron chi connectivity index (χ3n) is 12.2. The molecular formula is C58H64O9. The molecule has 1 aromatic heterocycles. The van der Waals surface area contributed by atoms with Gasteiger partial charge in [0, 0.05) is 10.8 Å². The van der Waals surface area contributed by atoms with Crippen molar-refractivity contribution in [3.8, 4) is 23.0 Å². The topological polar surface area (TPSA) is 125 Å². The predicted molar refractivity (Wildman–Crippen MR) is 265 cm³/mol. The summed E-state index contributed by atoms with van der Waals surface area (Å²) in [5, 5.41) is 21.7. The Bertz CT molecular complexity index is 2470. The fourth-order valence-corrected chi connectivity index (χ4v) is 8.46. The van der Waals surface area contributed by atoms with Crippen LogP contribution >= 0.6 is 0 Å². The van der Waals surface area contributed by atoms with Crippen LogP contribution in [0, 0.1) is 0 Å². The van der Waals surface area contributed by atoms with Crippen molar-refractivity contribution in [3.63, 3.8) is 0 Å². The molecular weight excluding hydrogens is 841 g/mol. The van der Waals surface area contributed by atoms with Crippen LogP contribution in [0.4, 0.5) is 0 Å². The van der Waals surface area contributed by atoms with Crippen molar-refractivity contribution in [2.45, 2.75) is 130 Å². The van der Waals surface area contributed by atoms with E-state index < -0.39 is 11.9 Å². The van der Waals surface area contributed by atoms with E-state index in [-0.39, 0.29) is 82.5 Å². The Labute approximate surface area is 394 Å². The lowest BCUT2D eigenvalue weighted by Crippen LogP contribution is -2.06. The van der Waals surface area contributed by atoms with Crippen LogP contribution < -0.4 is 18.9 Å². The monoisotopic (exact) mass is 904 g/mol. The molecule has 7 aromatic rings. The minimum absolute atomic E-state index is 0.0141. The van der Waals surface area contributed by atoms with Crippen LogP contribution in [0.3, 0.4) is 0 Å². The highest BCUT2D eigenvalue weighted by atomic mass is 16.5. The number of benzene rings is 6. The summed E-state index contributed by atoms with van der Waals surface area (Å²) in [4.78, 5) is 26.5. The maximum Gasteiger partial charge on any atom is 0.336 e. The lowest BCUT2D eigenvalue weighted by atomic mass is 10.00. The molecule has 2 N–H and O–H groups in total. The average molecular weight is 905 g/mol. The summed E-state index contributed by atoms with van der Waals surface area (Å²) in [5.41, 5.74) is 5.59. The van der Waals surface area contributed by atoms with Gasteiger partial charge in [0.1, 0.15) is 26.4 Å². The molecule has 0 unspecified atom stereocenters. The zero-order valence-corrected chi connectivity index (χ0v) is 39.0. The highest BCUT2D eigenvalue weighted by molar-refractivity contribution is 6.23. The molecule has 67 heavy (non-hydrogen) atoms. The molecule has 0 aliphatic rings. The quantitative estimate of drug-likeness (QED) is 0.0462. The summed E-state index contributed by atoms with van der Waals surface area (Å²) >= 11 is 0. The normalized spacial score (nSPS) is 11.3. The molecule has 0 fully saturated rings. The fourth-order valence-electron chi connectivity index (χ4n) is 8.46. The van der Waals surface area contributed by atoms with Crippen molar-refractivity contribution < 1.29 is 43.2 Å². The number of hydrogen-bond acceptors (Lipinski definition) is 7. The van der Waals surface area contributed by atoms with E-state index in [9.17, 15) is 19.8 Å². The largest absolute Gasteiger partial charge is 0.485 e. The first kappa shape index (κ1) is 48.2. The standard InChI is InChI=1S/C58H64O9/c1-3-5-7-9-11-15-21-41-27-31-45(32-28-41)37-63-49-35-47(57(59)60)51-52-48(58(61)62)36-50(64-38-46-33-29-42(30-34-46)22-16-12-10-8-6-4-2)54(66-40-44-25-19-14-20-26-44)56(52)67-55(51)53(49)65-39-43-23-17-13-18-24-43/h13-14,17-20,23-36H,3-12,15-16,21-22,37-40H2,1-2H3,(H,59,60)(H,61,62). The summed E-state index contributed by atoms with van der Waals surface area (Å²) in [6.07, 6.45) is 16.8. The summed E-state index contributed by atoms with van der Waals surface area (Å²) in [6.45, 7) is 4.88. The van der Waals surface area contributed by atoms with E-state index in [2.05, 4.69) is 38.1 Å². The van der Waals surface area contributed by atoms with Crippen LogP contribution in [0.2, 0.25) is 0 Å². The molecule has 0 aliphatic carbocycles. The van der Waals surface area contributed by atoms with Gasteiger partial charge >= 0.3 is 11.9 Å². The van der Waals surface area contributed by atoms with Gasteiger partial charge in [0.15, 0.2) is 22.7 Å². The second-order valence-corrected chi connectivity index (χ2v) is 17.4. The van der Waals surface area contributed by atoms with Gasteiger partial charge in [-0.25, -0.2) is 9.59 Å².